The summed E-state index contributed by atoms with van der Waals surface area (Å²) in [7, 11) is 0. The fraction of sp³-hybridized carbons (Fsp3) is 0.0625. The maximum absolute atomic E-state index is 5.86. The van der Waals surface area contributed by atoms with Gasteiger partial charge in [0.25, 0.3) is 0 Å². The predicted octanol–water partition coefficient (Wildman–Crippen LogP) is 4.68. The molecule has 3 nitrogen and oxygen atoms in total. The van der Waals surface area contributed by atoms with E-state index in [1.54, 1.807) is 0 Å². The van der Waals surface area contributed by atoms with Crippen LogP contribution in [0.3, 0.4) is 0 Å². The number of anilines is 1. The smallest absolute Gasteiger partial charge is 0.219 e. The second-order valence-corrected chi connectivity index (χ2v) is 5.53. The van der Waals surface area contributed by atoms with E-state index in [0.29, 0.717) is 5.88 Å². The molecule has 2 aromatic carbocycles. The summed E-state index contributed by atoms with van der Waals surface area (Å²) < 4.78 is 6.83. The van der Waals surface area contributed by atoms with E-state index in [-0.39, 0.29) is 0 Å². The van der Waals surface area contributed by atoms with E-state index in [0.717, 1.165) is 32.4 Å². The molecule has 0 fully saturated rings. The van der Waals surface area contributed by atoms with Crippen LogP contribution < -0.4 is 10.5 Å². The second kappa shape index (κ2) is 5.13. The predicted molar refractivity (Wildman–Crippen MR) is 85.1 cm³/mol. The van der Waals surface area contributed by atoms with Crippen LogP contribution in [0.25, 0.3) is 10.9 Å². The topological polar surface area (TPSA) is 48.1 Å². The summed E-state index contributed by atoms with van der Waals surface area (Å²) in [6, 6.07) is 15.4. The van der Waals surface area contributed by atoms with Crippen LogP contribution in [0.5, 0.6) is 11.6 Å². The molecule has 0 saturated carbocycles. The molecule has 0 spiro atoms. The van der Waals surface area contributed by atoms with Gasteiger partial charge in [0, 0.05) is 21.6 Å². The summed E-state index contributed by atoms with van der Waals surface area (Å²) in [5, 5.41) is 1.00. The fourth-order valence-corrected chi connectivity index (χ4v) is 2.32. The van der Waals surface area contributed by atoms with Gasteiger partial charge in [-0.25, -0.2) is 4.98 Å². The van der Waals surface area contributed by atoms with Crippen molar-refractivity contribution in [2.75, 3.05) is 5.73 Å². The Morgan fingerprint density at radius 2 is 1.90 bits per heavy atom. The first-order chi connectivity index (χ1) is 9.61. The van der Waals surface area contributed by atoms with Crippen LogP contribution in [0.4, 0.5) is 5.69 Å². The number of nitrogens with two attached hydrogens (primary N) is 1. The molecule has 0 bridgehead atoms. The first kappa shape index (κ1) is 12.9. The van der Waals surface area contributed by atoms with Crippen LogP contribution in [0.2, 0.25) is 0 Å². The van der Waals surface area contributed by atoms with E-state index in [1.807, 2.05) is 55.5 Å². The number of hydrogen-bond donors (Lipinski definition) is 1. The third-order valence-electron chi connectivity index (χ3n) is 3.05. The molecule has 0 atom stereocenters. The lowest BCUT2D eigenvalue weighted by Gasteiger charge is -2.09. The summed E-state index contributed by atoms with van der Waals surface area (Å²) >= 11 is 3.44. The SMILES string of the molecule is Cc1ccc(Br)cc1Oc1ccc2cc(N)ccc2n1. The highest BCUT2D eigenvalue weighted by molar-refractivity contribution is 9.10. The standard InChI is InChI=1S/C16H13BrN2O/c1-10-2-4-12(17)9-15(10)20-16-7-3-11-8-13(18)5-6-14(11)19-16/h2-9H,18H2,1H3. The molecule has 0 radical (unpaired) electrons. The van der Waals surface area contributed by atoms with Crippen LogP contribution in [0.15, 0.2) is 53.0 Å². The summed E-state index contributed by atoms with van der Waals surface area (Å²) in [4.78, 5) is 4.49. The Bertz CT molecular complexity index is 787. The Labute approximate surface area is 125 Å². The first-order valence-corrected chi connectivity index (χ1v) is 7.01. The maximum atomic E-state index is 5.86. The average molecular weight is 329 g/mol. The molecule has 2 N–H and O–H groups in total. The van der Waals surface area contributed by atoms with Crippen LogP contribution in [0, 0.1) is 6.92 Å². The highest BCUT2D eigenvalue weighted by atomic mass is 79.9. The first-order valence-electron chi connectivity index (χ1n) is 6.22. The van der Waals surface area contributed by atoms with E-state index in [1.165, 1.54) is 0 Å². The van der Waals surface area contributed by atoms with Crippen molar-refractivity contribution in [1.82, 2.24) is 4.98 Å². The number of pyridine rings is 1. The van der Waals surface area contributed by atoms with Crippen LogP contribution in [-0.4, -0.2) is 4.98 Å². The fourth-order valence-electron chi connectivity index (χ4n) is 1.98. The molecule has 100 valence electrons. The number of nitrogens with zero attached hydrogens (tertiary/aromatic N) is 1. The minimum Gasteiger partial charge on any atom is -0.439 e. The highest BCUT2D eigenvalue weighted by Crippen LogP contribution is 2.28. The number of fused-ring (bicyclic) bond motifs is 1. The van der Waals surface area contributed by atoms with E-state index in [9.17, 15) is 0 Å². The van der Waals surface area contributed by atoms with Gasteiger partial charge in [-0.2, -0.15) is 0 Å². The van der Waals surface area contributed by atoms with Crippen molar-refractivity contribution in [2.24, 2.45) is 0 Å². The molecule has 0 unspecified atom stereocenters. The number of nitrogen functional groups attached to an aromatic ring is 1. The highest BCUT2D eigenvalue weighted by Gasteiger charge is 2.05. The summed E-state index contributed by atoms with van der Waals surface area (Å²) in [5.74, 6) is 1.37. The van der Waals surface area contributed by atoms with Gasteiger partial charge in [0.05, 0.1) is 5.52 Å². The lowest BCUT2D eigenvalue weighted by atomic mass is 10.2. The Hall–Kier alpha value is -2.07. The van der Waals surface area contributed by atoms with Crippen LogP contribution >= 0.6 is 15.9 Å². The van der Waals surface area contributed by atoms with Crippen LogP contribution in [-0.2, 0) is 0 Å². The van der Waals surface area contributed by atoms with Gasteiger partial charge in [-0.05, 0) is 48.9 Å². The zero-order chi connectivity index (χ0) is 14.1. The summed E-state index contributed by atoms with van der Waals surface area (Å²) in [5.41, 5.74) is 8.42. The van der Waals surface area contributed by atoms with Gasteiger partial charge < -0.3 is 10.5 Å². The Morgan fingerprint density at radius 3 is 2.75 bits per heavy atom. The molecule has 0 saturated heterocycles. The molecule has 0 aliphatic heterocycles. The molecule has 1 heterocycles. The van der Waals surface area contributed by atoms with Gasteiger partial charge in [0.15, 0.2) is 0 Å². The van der Waals surface area contributed by atoms with Crippen molar-refractivity contribution < 1.29 is 4.74 Å². The minimum absolute atomic E-state index is 0.573. The van der Waals surface area contributed by atoms with Crippen molar-refractivity contribution in [2.45, 2.75) is 6.92 Å². The van der Waals surface area contributed by atoms with E-state index >= 15 is 0 Å². The normalized spacial score (nSPS) is 10.7. The van der Waals surface area contributed by atoms with Crippen LogP contribution in [0.1, 0.15) is 5.56 Å². The number of aryl methyl sites for hydroxylation is 1. The quantitative estimate of drug-likeness (QED) is 0.695. The number of halogens is 1. The van der Waals surface area contributed by atoms with Crippen molar-refractivity contribution in [1.29, 1.82) is 0 Å². The van der Waals surface area contributed by atoms with Crippen molar-refractivity contribution in [3.63, 3.8) is 0 Å². The number of benzene rings is 2. The van der Waals surface area contributed by atoms with Crippen molar-refractivity contribution >= 4 is 32.5 Å². The van der Waals surface area contributed by atoms with E-state index in [2.05, 4.69) is 20.9 Å². The molecular formula is C16H13BrN2O. The van der Waals surface area contributed by atoms with E-state index < -0.39 is 0 Å². The molecule has 4 heteroatoms. The van der Waals surface area contributed by atoms with Gasteiger partial charge in [0.1, 0.15) is 5.75 Å². The largest absolute Gasteiger partial charge is 0.439 e. The second-order valence-electron chi connectivity index (χ2n) is 4.61. The van der Waals surface area contributed by atoms with E-state index in [4.69, 9.17) is 10.5 Å². The minimum atomic E-state index is 0.573. The Morgan fingerprint density at radius 1 is 1.05 bits per heavy atom. The number of aromatic nitrogens is 1. The van der Waals surface area contributed by atoms with Crippen molar-refractivity contribution in [3.8, 4) is 11.6 Å². The maximum Gasteiger partial charge on any atom is 0.219 e. The van der Waals surface area contributed by atoms with Gasteiger partial charge >= 0.3 is 0 Å². The van der Waals surface area contributed by atoms with Gasteiger partial charge in [0.2, 0.25) is 5.88 Å². The van der Waals surface area contributed by atoms with Gasteiger partial charge in [-0.1, -0.05) is 22.0 Å². The number of hydrogen-bond acceptors (Lipinski definition) is 3. The third kappa shape index (κ3) is 2.60. The lowest BCUT2D eigenvalue weighted by molar-refractivity contribution is 0.461. The lowest BCUT2D eigenvalue weighted by Crippen LogP contribution is -1.91. The Balaban J connectivity index is 1.98. The molecule has 3 rings (SSSR count). The zero-order valence-corrected chi connectivity index (χ0v) is 12.5. The van der Waals surface area contributed by atoms with Crippen molar-refractivity contribution in [3.05, 3.63) is 58.6 Å². The molecule has 20 heavy (non-hydrogen) atoms. The van der Waals surface area contributed by atoms with Gasteiger partial charge in [-0.15, -0.1) is 0 Å². The molecule has 1 aromatic heterocycles. The molecule has 0 aliphatic carbocycles. The average Bonchev–Trinajstić information content (AvgIpc) is 2.43. The molecule has 0 aliphatic rings. The molecular weight excluding hydrogens is 316 g/mol. The number of ether oxygens (including phenoxy) is 1. The molecule has 0 amide bonds. The third-order valence-corrected chi connectivity index (χ3v) is 3.55. The molecule has 3 aromatic rings. The Kier molecular flexibility index (Phi) is 3.32. The summed E-state index contributed by atoms with van der Waals surface area (Å²) in [6.07, 6.45) is 0. The monoisotopic (exact) mass is 328 g/mol. The van der Waals surface area contributed by atoms with Gasteiger partial charge in [-0.3, -0.25) is 0 Å². The zero-order valence-electron chi connectivity index (χ0n) is 10.9. The summed E-state index contributed by atoms with van der Waals surface area (Å²) in [6.45, 7) is 2.00. The number of rotatable bonds is 2.